The van der Waals surface area contributed by atoms with Gasteiger partial charge in [0, 0.05) is 5.92 Å². The molecule has 0 saturated heterocycles. The maximum Gasteiger partial charge on any atom is 0.439 e. The van der Waals surface area contributed by atoms with Crippen molar-refractivity contribution in [3.63, 3.8) is 0 Å². The second-order valence-corrected chi connectivity index (χ2v) is 9.44. The predicted molar refractivity (Wildman–Crippen MR) is 101 cm³/mol. The second kappa shape index (κ2) is 5.91. The normalized spacial score (nSPS) is 29.1. The van der Waals surface area contributed by atoms with Gasteiger partial charge in [-0.25, -0.2) is 4.98 Å². The van der Waals surface area contributed by atoms with E-state index in [9.17, 15) is 18.3 Å². The molecule has 0 bridgehead atoms. The average Bonchev–Trinajstić information content (AvgIpc) is 3.13. The smallest absolute Gasteiger partial charge is 0.362 e. The van der Waals surface area contributed by atoms with Crippen molar-refractivity contribution in [2.24, 2.45) is 22.4 Å². The zero-order valence-corrected chi connectivity index (χ0v) is 16.2. The minimum absolute atomic E-state index is 0.0746. The molecule has 0 unspecified atom stereocenters. The van der Waals surface area contributed by atoms with Gasteiger partial charge in [-0.3, -0.25) is 0 Å². The number of aromatic nitrogens is 1. The number of hydrogen-bond donors (Lipinski definition) is 1. The number of rotatable bonds is 1. The molecule has 1 aromatic carbocycles. The van der Waals surface area contributed by atoms with E-state index in [2.05, 4.69) is 10.1 Å². The quantitative estimate of drug-likeness (QED) is 0.721. The van der Waals surface area contributed by atoms with Crippen LogP contribution in [0.3, 0.4) is 0 Å². The summed E-state index contributed by atoms with van der Waals surface area (Å²) in [6.07, 6.45) is -3.17. The van der Waals surface area contributed by atoms with Gasteiger partial charge in [0.15, 0.2) is 0 Å². The van der Waals surface area contributed by atoms with Crippen LogP contribution < -0.4 is 5.01 Å². The third kappa shape index (κ3) is 2.76. The number of aliphatic hydroxyl groups is 1. The van der Waals surface area contributed by atoms with Gasteiger partial charge in [-0.2, -0.15) is 23.3 Å². The van der Waals surface area contributed by atoms with E-state index >= 15 is 0 Å². The fraction of sp³-hybridized carbons (Fsp3) is 0.579. The Kier molecular flexibility index (Phi) is 4.09. The minimum Gasteiger partial charge on any atom is -0.362 e. The molecule has 2 aliphatic rings. The molecule has 1 aromatic heterocycles. The summed E-state index contributed by atoms with van der Waals surface area (Å²) in [5.41, 5.74) is -2.23. The van der Waals surface area contributed by atoms with Crippen LogP contribution in [0.1, 0.15) is 40.0 Å². The Morgan fingerprint density at radius 3 is 2.52 bits per heavy atom. The molecule has 0 spiro atoms. The number of hydrogen-bond acceptors (Lipinski definition) is 5. The average molecular weight is 397 g/mol. The van der Waals surface area contributed by atoms with Crippen LogP contribution in [-0.4, -0.2) is 27.7 Å². The van der Waals surface area contributed by atoms with Gasteiger partial charge in [-0.15, -0.1) is 0 Å². The molecule has 0 amide bonds. The van der Waals surface area contributed by atoms with Crippen LogP contribution in [0.4, 0.5) is 18.3 Å². The molecule has 2 heterocycles. The van der Waals surface area contributed by atoms with E-state index in [1.165, 1.54) is 0 Å². The monoisotopic (exact) mass is 397 g/mol. The Morgan fingerprint density at radius 1 is 1.19 bits per heavy atom. The molecule has 4 nitrogen and oxygen atoms in total. The molecule has 2 aromatic rings. The maximum atomic E-state index is 14.1. The van der Waals surface area contributed by atoms with E-state index in [-0.39, 0.29) is 22.9 Å². The van der Waals surface area contributed by atoms with E-state index in [0.717, 1.165) is 27.5 Å². The molecule has 1 aliphatic heterocycles. The van der Waals surface area contributed by atoms with Crippen LogP contribution in [0.5, 0.6) is 0 Å². The Morgan fingerprint density at radius 2 is 1.89 bits per heavy atom. The lowest BCUT2D eigenvalue weighted by Gasteiger charge is -2.41. The van der Waals surface area contributed by atoms with Gasteiger partial charge in [-0.1, -0.05) is 50.7 Å². The number of nitrogens with zero attached hydrogens (tertiary/aromatic N) is 3. The van der Waals surface area contributed by atoms with Crippen molar-refractivity contribution < 1.29 is 18.3 Å². The topological polar surface area (TPSA) is 48.7 Å². The van der Waals surface area contributed by atoms with Crippen molar-refractivity contribution >= 4 is 32.4 Å². The van der Waals surface area contributed by atoms with E-state index in [1.54, 1.807) is 18.2 Å². The summed E-state index contributed by atoms with van der Waals surface area (Å²) in [7, 11) is 0. The number of thiazole rings is 1. The number of halogens is 3. The number of anilines is 1. The molecule has 146 valence electrons. The molecule has 1 saturated carbocycles. The lowest BCUT2D eigenvalue weighted by molar-refractivity contribution is -0.269. The first-order chi connectivity index (χ1) is 12.5. The van der Waals surface area contributed by atoms with Crippen LogP contribution in [0.15, 0.2) is 29.4 Å². The highest BCUT2D eigenvalue weighted by Gasteiger charge is 2.69. The summed E-state index contributed by atoms with van der Waals surface area (Å²) in [4.78, 5) is 4.33. The van der Waals surface area contributed by atoms with E-state index in [0.29, 0.717) is 17.6 Å². The summed E-state index contributed by atoms with van der Waals surface area (Å²) in [5, 5.41) is 16.2. The SMILES string of the molecule is CC(C)(C)[C@@H]1CCC[C@H]2C1=NN(c1nc3ccccc3s1)[C@]2(O)C(F)(F)F. The Labute approximate surface area is 159 Å². The first-order valence-corrected chi connectivity index (χ1v) is 9.88. The second-order valence-electron chi connectivity index (χ2n) is 8.43. The zero-order chi connectivity index (χ0) is 19.6. The fourth-order valence-electron chi connectivity index (χ4n) is 4.28. The van der Waals surface area contributed by atoms with Gasteiger partial charge in [0.25, 0.3) is 5.72 Å². The van der Waals surface area contributed by atoms with Gasteiger partial charge >= 0.3 is 6.18 Å². The Hall–Kier alpha value is -1.67. The van der Waals surface area contributed by atoms with Crippen molar-refractivity contribution in [3.05, 3.63) is 24.3 Å². The third-order valence-corrected chi connectivity index (χ3v) is 6.66. The highest BCUT2D eigenvalue weighted by atomic mass is 32.1. The lowest BCUT2D eigenvalue weighted by Crippen LogP contribution is -2.61. The van der Waals surface area contributed by atoms with Crippen molar-refractivity contribution in [2.45, 2.75) is 51.9 Å². The number of para-hydroxylation sites is 1. The Balaban J connectivity index is 1.88. The first-order valence-electron chi connectivity index (χ1n) is 9.07. The zero-order valence-electron chi connectivity index (χ0n) is 15.4. The van der Waals surface area contributed by atoms with Crippen molar-refractivity contribution in [2.75, 3.05) is 5.01 Å². The molecular weight excluding hydrogens is 375 g/mol. The minimum atomic E-state index is -4.85. The van der Waals surface area contributed by atoms with Crippen molar-refractivity contribution in [3.8, 4) is 0 Å². The van der Waals surface area contributed by atoms with Gasteiger partial charge in [0.05, 0.1) is 21.8 Å². The number of fused-ring (bicyclic) bond motifs is 2. The number of benzene rings is 1. The standard InChI is InChI=1S/C19H22F3N3OS/c1-17(2,3)11-7-6-8-12-15(11)24-25(18(12,26)19(20,21)22)16-23-13-9-4-5-10-14(13)27-16/h4-5,9-12,26H,6-8H2,1-3H3/t11-,12+,18-/m1/s1. The molecule has 1 N–H and O–H groups in total. The molecular formula is C19H22F3N3OS. The molecule has 3 atom stereocenters. The van der Waals surface area contributed by atoms with Gasteiger partial charge in [0.1, 0.15) is 0 Å². The van der Waals surface area contributed by atoms with Crippen LogP contribution in [0, 0.1) is 17.3 Å². The molecule has 4 rings (SSSR count). The third-order valence-electron chi connectivity index (χ3n) is 5.65. The number of alkyl halides is 3. The summed E-state index contributed by atoms with van der Waals surface area (Å²) in [6, 6.07) is 7.15. The largest absolute Gasteiger partial charge is 0.439 e. The molecule has 0 radical (unpaired) electrons. The molecule has 1 aliphatic carbocycles. The van der Waals surface area contributed by atoms with E-state index in [1.807, 2.05) is 26.8 Å². The maximum absolute atomic E-state index is 14.1. The van der Waals surface area contributed by atoms with Crippen LogP contribution >= 0.6 is 11.3 Å². The van der Waals surface area contributed by atoms with Crippen LogP contribution in [0.25, 0.3) is 10.2 Å². The van der Waals surface area contributed by atoms with E-state index in [4.69, 9.17) is 0 Å². The van der Waals surface area contributed by atoms with Gasteiger partial charge in [-0.05, 0) is 30.4 Å². The van der Waals surface area contributed by atoms with Crippen LogP contribution in [0.2, 0.25) is 0 Å². The summed E-state index contributed by atoms with van der Waals surface area (Å²) in [6.45, 7) is 6.03. The first kappa shape index (κ1) is 18.7. The highest BCUT2D eigenvalue weighted by Crippen LogP contribution is 2.53. The van der Waals surface area contributed by atoms with E-state index < -0.39 is 17.8 Å². The summed E-state index contributed by atoms with van der Waals surface area (Å²) >= 11 is 1.11. The van der Waals surface area contributed by atoms with Crippen molar-refractivity contribution in [1.82, 2.24) is 4.98 Å². The lowest BCUT2D eigenvalue weighted by atomic mass is 9.66. The highest BCUT2D eigenvalue weighted by molar-refractivity contribution is 7.22. The predicted octanol–water partition coefficient (Wildman–Crippen LogP) is 5.19. The summed E-state index contributed by atoms with van der Waals surface area (Å²) in [5.74, 6) is -1.17. The summed E-state index contributed by atoms with van der Waals surface area (Å²) < 4.78 is 43.2. The Bertz CT molecular complexity index is 868. The van der Waals surface area contributed by atoms with Crippen LogP contribution in [-0.2, 0) is 0 Å². The van der Waals surface area contributed by atoms with Gasteiger partial charge in [0.2, 0.25) is 5.13 Å². The fourth-order valence-corrected chi connectivity index (χ4v) is 5.26. The molecule has 27 heavy (non-hydrogen) atoms. The van der Waals surface area contributed by atoms with Gasteiger partial charge < -0.3 is 5.11 Å². The molecule has 8 heteroatoms. The van der Waals surface area contributed by atoms with Crippen molar-refractivity contribution in [1.29, 1.82) is 0 Å². The number of hydrazone groups is 1. The molecule has 1 fully saturated rings.